The number of nitriles is 1. The molecule has 0 amide bonds. The molecule has 3 aromatic heterocycles. The van der Waals surface area contributed by atoms with Gasteiger partial charge in [0.1, 0.15) is 22.3 Å². The Morgan fingerprint density at radius 2 is 1.18 bits per heavy atom. The molecule has 4 heteroatoms. The van der Waals surface area contributed by atoms with Crippen LogP contribution in [-0.4, -0.2) is 4.98 Å². The van der Waals surface area contributed by atoms with Gasteiger partial charge in [0.2, 0.25) is 0 Å². The first-order chi connectivity index (χ1) is 19.7. The highest BCUT2D eigenvalue weighted by atomic mass is 16.3. The van der Waals surface area contributed by atoms with Crippen LogP contribution in [0.3, 0.4) is 0 Å². The van der Waals surface area contributed by atoms with Crippen molar-refractivity contribution in [3.63, 3.8) is 0 Å². The predicted molar refractivity (Wildman–Crippen MR) is 160 cm³/mol. The molecule has 8 aromatic rings. The van der Waals surface area contributed by atoms with E-state index in [1.807, 2.05) is 66.7 Å². The predicted octanol–water partition coefficient (Wildman–Crippen LogP) is 9.75. The van der Waals surface area contributed by atoms with Gasteiger partial charge in [-0.2, -0.15) is 5.26 Å². The Morgan fingerprint density at radius 3 is 2.00 bits per heavy atom. The molecule has 0 spiro atoms. The summed E-state index contributed by atoms with van der Waals surface area (Å²) in [5.74, 6) is 0. The van der Waals surface area contributed by atoms with Crippen molar-refractivity contribution in [1.29, 1.82) is 5.26 Å². The molecular formula is C36H20N2O2. The maximum absolute atomic E-state index is 9.85. The number of benzene rings is 5. The quantitative estimate of drug-likeness (QED) is 0.236. The van der Waals surface area contributed by atoms with E-state index in [2.05, 4.69) is 54.6 Å². The number of para-hydroxylation sites is 2. The Hall–Kier alpha value is -5.66. The lowest BCUT2D eigenvalue weighted by molar-refractivity contribution is 0.668. The standard InChI is InChI=1S/C36H20N2O2/c37-21-22-16-29(36-28-11-5-7-13-33(28)40-35(36)17-22)31-19-25(23-8-2-1-3-9-23)18-30(38-31)24-14-15-27-26-10-4-6-12-32(26)39-34(27)20-24/h1-20H. The second-order valence-electron chi connectivity index (χ2n) is 9.91. The molecule has 0 saturated heterocycles. The third kappa shape index (κ3) is 3.49. The molecule has 186 valence electrons. The number of fused-ring (bicyclic) bond motifs is 6. The van der Waals surface area contributed by atoms with Gasteiger partial charge < -0.3 is 8.83 Å². The zero-order valence-corrected chi connectivity index (χ0v) is 21.3. The Labute approximate surface area is 229 Å². The Morgan fingerprint density at radius 1 is 0.500 bits per heavy atom. The zero-order valence-electron chi connectivity index (χ0n) is 21.3. The van der Waals surface area contributed by atoms with Gasteiger partial charge >= 0.3 is 0 Å². The van der Waals surface area contributed by atoms with E-state index in [4.69, 9.17) is 13.8 Å². The number of pyridine rings is 1. The number of nitrogens with zero attached hydrogens (tertiary/aromatic N) is 2. The monoisotopic (exact) mass is 512 g/mol. The zero-order chi connectivity index (χ0) is 26.6. The van der Waals surface area contributed by atoms with E-state index in [0.717, 1.165) is 71.9 Å². The van der Waals surface area contributed by atoms with Crippen molar-refractivity contribution in [2.24, 2.45) is 0 Å². The van der Waals surface area contributed by atoms with Crippen molar-refractivity contribution >= 4 is 43.9 Å². The molecule has 0 bridgehead atoms. The van der Waals surface area contributed by atoms with Crippen LogP contribution in [0, 0.1) is 11.3 Å². The van der Waals surface area contributed by atoms with Crippen molar-refractivity contribution < 1.29 is 8.83 Å². The fourth-order valence-electron chi connectivity index (χ4n) is 5.62. The highest BCUT2D eigenvalue weighted by Gasteiger charge is 2.18. The van der Waals surface area contributed by atoms with E-state index < -0.39 is 0 Å². The molecule has 0 fully saturated rings. The number of furan rings is 2. The first kappa shape index (κ1) is 22.3. The maximum Gasteiger partial charge on any atom is 0.137 e. The Kier molecular flexibility index (Phi) is 4.85. The lowest BCUT2D eigenvalue weighted by Gasteiger charge is -2.11. The summed E-state index contributed by atoms with van der Waals surface area (Å²) in [6.45, 7) is 0. The summed E-state index contributed by atoms with van der Waals surface area (Å²) < 4.78 is 12.4. The van der Waals surface area contributed by atoms with E-state index in [9.17, 15) is 5.26 Å². The second-order valence-corrected chi connectivity index (χ2v) is 9.91. The molecular weight excluding hydrogens is 492 g/mol. The summed E-state index contributed by atoms with van der Waals surface area (Å²) in [7, 11) is 0. The van der Waals surface area contributed by atoms with Gasteiger partial charge in [-0.3, -0.25) is 0 Å². The molecule has 0 atom stereocenters. The Balaban J connectivity index is 1.41. The van der Waals surface area contributed by atoms with Crippen molar-refractivity contribution in [3.8, 4) is 39.7 Å². The minimum atomic E-state index is 0.527. The molecule has 40 heavy (non-hydrogen) atoms. The van der Waals surface area contributed by atoms with E-state index in [1.165, 1.54) is 0 Å². The molecule has 0 aliphatic carbocycles. The van der Waals surface area contributed by atoms with E-state index >= 15 is 0 Å². The fourth-order valence-corrected chi connectivity index (χ4v) is 5.62. The fraction of sp³-hybridized carbons (Fsp3) is 0. The average molecular weight is 513 g/mol. The van der Waals surface area contributed by atoms with Crippen LogP contribution in [0.25, 0.3) is 77.5 Å². The topological polar surface area (TPSA) is 63.0 Å². The summed E-state index contributed by atoms with van der Waals surface area (Å²) in [4.78, 5) is 5.18. The average Bonchev–Trinajstić information content (AvgIpc) is 3.58. The third-order valence-electron chi connectivity index (χ3n) is 7.49. The normalized spacial score (nSPS) is 11.5. The van der Waals surface area contributed by atoms with Crippen LogP contribution in [-0.2, 0) is 0 Å². The minimum Gasteiger partial charge on any atom is -0.456 e. The summed E-state index contributed by atoms with van der Waals surface area (Å²) in [5, 5.41) is 14.0. The molecule has 0 aliphatic rings. The molecule has 4 nitrogen and oxygen atoms in total. The number of aromatic nitrogens is 1. The summed E-state index contributed by atoms with van der Waals surface area (Å²) in [6.07, 6.45) is 0. The SMILES string of the molecule is N#Cc1cc(-c2cc(-c3ccccc3)cc(-c3ccc4c(c3)oc3ccccc34)n2)c2c(c1)oc1ccccc12. The van der Waals surface area contributed by atoms with Gasteiger partial charge in [-0.1, -0.05) is 72.8 Å². The number of hydrogen-bond donors (Lipinski definition) is 0. The van der Waals surface area contributed by atoms with Crippen molar-refractivity contribution in [2.75, 3.05) is 0 Å². The molecule has 0 radical (unpaired) electrons. The first-order valence-corrected chi connectivity index (χ1v) is 13.1. The van der Waals surface area contributed by atoms with Gasteiger partial charge in [0.05, 0.1) is 23.0 Å². The van der Waals surface area contributed by atoms with E-state index in [0.29, 0.717) is 11.1 Å². The van der Waals surface area contributed by atoms with Crippen LogP contribution >= 0.6 is 0 Å². The van der Waals surface area contributed by atoms with Crippen molar-refractivity contribution in [1.82, 2.24) is 4.98 Å². The minimum absolute atomic E-state index is 0.527. The van der Waals surface area contributed by atoms with Gasteiger partial charge in [-0.05, 0) is 59.7 Å². The highest BCUT2D eigenvalue weighted by molar-refractivity contribution is 6.13. The van der Waals surface area contributed by atoms with Crippen LogP contribution < -0.4 is 0 Å². The van der Waals surface area contributed by atoms with Gasteiger partial charge in [0.15, 0.2) is 0 Å². The number of hydrogen-bond acceptors (Lipinski definition) is 4. The molecule has 3 heterocycles. The van der Waals surface area contributed by atoms with Crippen molar-refractivity contribution in [2.45, 2.75) is 0 Å². The van der Waals surface area contributed by atoms with Crippen LogP contribution in [0.2, 0.25) is 0 Å². The summed E-state index contributed by atoms with van der Waals surface area (Å²) in [5.41, 5.74) is 9.20. The largest absolute Gasteiger partial charge is 0.456 e. The van der Waals surface area contributed by atoms with Crippen LogP contribution in [0.1, 0.15) is 5.56 Å². The molecule has 0 aliphatic heterocycles. The van der Waals surface area contributed by atoms with E-state index in [1.54, 1.807) is 6.07 Å². The van der Waals surface area contributed by atoms with Crippen LogP contribution in [0.15, 0.2) is 130 Å². The lowest BCUT2D eigenvalue weighted by atomic mass is 9.96. The van der Waals surface area contributed by atoms with Gasteiger partial charge in [0, 0.05) is 32.7 Å². The molecule has 5 aromatic carbocycles. The molecule has 0 unspecified atom stereocenters. The van der Waals surface area contributed by atoms with Gasteiger partial charge in [-0.15, -0.1) is 0 Å². The van der Waals surface area contributed by atoms with E-state index in [-0.39, 0.29) is 0 Å². The second kappa shape index (κ2) is 8.69. The van der Waals surface area contributed by atoms with Crippen LogP contribution in [0.4, 0.5) is 0 Å². The highest BCUT2D eigenvalue weighted by Crippen LogP contribution is 2.40. The summed E-state index contributed by atoms with van der Waals surface area (Å²) >= 11 is 0. The lowest BCUT2D eigenvalue weighted by Crippen LogP contribution is -1.92. The first-order valence-electron chi connectivity index (χ1n) is 13.1. The van der Waals surface area contributed by atoms with Gasteiger partial charge in [0.25, 0.3) is 0 Å². The van der Waals surface area contributed by atoms with Crippen molar-refractivity contribution in [3.05, 3.63) is 127 Å². The van der Waals surface area contributed by atoms with Gasteiger partial charge in [-0.25, -0.2) is 4.98 Å². The molecule has 0 N–H and O–H groups in total. The smallest absolute Gasteiger partial charge is 0.137 e. The molecule has 0 saturated carbocycles. The van der Waals surface area contributed by atoms with Crippen LogP contribution in [0.5, 0.6) is 0 Å². The Bertz CT molecular complexity index is 2280. The third-order valence-corrected chi connectivity index (χ3v) is 7.49. The molecule has 8 rings (SSSR count). The summed E-state index contributed by atoms with van der Waals surface area (Å²) in [6, 6.07) is 42.8. The maximum atomic E-state index is 9.85. The number of rotatable bonds is 3.